The van der Waals surface area contributed by atoms with Crippen LogP contribution in [0.4, 0.5) is 11.4 Å². The molecular formula is C13H17N3S. The maximum atomic E-state index is 4.24. The first-order valence-electron chi connectivity index (χ1n) is 5.58. The van der Waals surface area contributed by atoms with Crippen molar-refractivity contribution < 1.29 is 0 Å². The Bertz CT molecular complexity index is 491. The van der Waals surface area contributed by atoms with Crippen LogP contribution in [0.2, 0.25) is 0 Å². The van der Waals surface area contributed by atoms with Gasteiger partial charge in [0.05, 0.1) is 11.6 Å². The highest BCUT2D eigenvalue weighted by atomic mass is 32.1. The summed E-state index contributed by atoms with van der Waals surface area (Å²) >= 11 is 1.73. The molecule has 0 saturated heterocycles. The molecule has 0 aliphatic rings. The summed E-state index contributed by atoms with van der Waals surface area (Å²) < 4.78 is 0. The Balaban J connectivity index is 2.01. The van der Waals surface area contributed by atoms with Gasteiger partial charge < -0.3 is 10.2 Å². The predicted molar refractivity (Wildman–Crippen MR) is 74.9 cm³/mol. The van der Waals surface area contributed by atoms with E-state index in [4.69, 9.17) is 0 Å². The van der Waals surface area contributed by atoms with Crippen LogP contribution < -0.4 is 10.2 Å². The number of aryl methyl sites for hydroxylation is 1. The molecule has 2 rings (SSSR count). The van der Waals surface area contributed by atoms with Crippen LogP contribution >= 0.6 is 11.3 Å². The van der Waals surface area contributed by atoms with Crippen LogP contribution in [0.1, 0.15) is 9.88 Å². The van der Waals surface area contributed by atoms with Gasteiger partial charge in [-0.25, -0.2) is 4.98 Å². The number of nitrogens with one attached hydrogen (secondary N) is 1. The zero-order valence-corrected chi connectivity index (χ0v) is 11.2. The number of hydrogen-bond donors (Lipinski definition) is 1. The predicted octanol–water partition coefficient (Wildman–Crippen LogP) is 3.13. The fourth-order valence-electron chi connectivity index (χ4n) is 1.57. The summed E-state index contributed by atoms with van der Waals surface area (Å²) in [7, 11) is 4.09. The minimum atomic E-state index is 0.836. The largest absolute Gasteiger partial charge is 0.380 e. The molecule has 0 saturated carbocycles. The second kappa shape index (κ2) is 5.19. The zero-order valence-electron chi connectivity index (χ0n) is 10.4. The molecule has 1 N–H and O–H groups in total. The topological polar surface area (TPSA) is 28.2 Å². The Hall–Kier alpha value is -1.55. The fraction of sp³-hybridized carbons (Fsp3) is 0.308. The quantitative estimate of drug-likeness (QED) is 0.899. The molecule has 0 radical (unpaired) electrons. The molecular weight excluding hydrogens is 230 g/mol. The number of thiazole rings is 1. The van der Waals surface area contributed by atoms with E-state index in [0.29, 0.717) is 0 Å². The standard InChI is InChI=1S/C13H17N3S/c1-10-14-8-13(17-10)9-15-11-5-4-6-12(7-11)16(2)3/h4-8,15H,9H2,1-3H3. The summed E-state index contributed by atoms with van der Waals surface area (Å²) in [4.78, 5) is 7.61. The van der Waals surface area contributed by atoms with Gasteiger partial charge in [-0.15, -0.1) is 11.3 Å². The molecule has 3 nitrogen and oxygen atoms in total. The third-order valence-corrected chi connectivity index (χ3v) is 3.41. The monoisotopic (exact) mass is 247 g/mol. The van der Waals surface area contributed by atoms with Gasteiger partial charge in [-0.05, 0) is 25.1 Å². The average molecular weight is 247 g/mol. The van der Waals surface area contributed by atoms with Gasteiger partial charge in [-0.3, -0.25) is 0 Å². The van der Waals surface area contributed by atoms with Crippen LogP contribution in [0, 0.1) is 6.92 Å². The normalized spacial score (nSPS) is 10.3. The molecule has 1 aromatic heterocycles. The second-order valence-electron chi connectivity index (χ2n) is 4.14. The molecule has 17 heavy (non-hydrogen) atoms. The van der Waals surface area contributed by atoms with Crippen molar-refractivity contribution in [1.82, 2.24) is 4.98 Å². The summed E-state index contributed by atoms with van der Waals surface area (Å²) in [5.41, 5.74) is 2.35. The first-order chi connectivity index (χ1) is 8.15. The average Bonchev–Trinajstić information content (AvgIpc) is 2.73. The Labute approximate surface area is 106 Å². The van der Waals surface area contributed by atoms with Crippen molar-refractivity contribution in [3.8, 4) is 0 Å². The minimum Gasteiger partial charge on any atom is -0.380 e. The highest BCUT2D eigenvalue weighted by Crippen LogP contribution is 2.19. The van der Waals surface area contributed by atoms with E-state index < -0.39 is 0 Å². The van der Waals surface area contributed by atoms with Gasteiger partial charge in [0.15, 0.2) is 0 Å². The van der Waals surface area contributed by atoms with Crippen LogP contribution in [0.3, 0.4) is 0 Å². The lowest BCUT2D eigenvalue weighted by Gasteiger charge is -2.14. The number of hydrogen-bond acceptors (Lipinski definition) is 4. The van der Waals surface area contributed by atoms with Gasteiger partial charge in [0.25, 0.3) is 0 Å². The van der Waals surface area contributed by atoms with Gasteiger partial charge in [-0.2, -0.15) is 0 Å². The molecule has 0 aliphatic carbocycles. The van der Waals surface area contributed by atoms with E-state index >= 15 is 0 Å². The summed E-state index contributed by atoms with van der Waals surface area (Å²) in [6.45, 7) is 2.86. The Morgan fingerprint density at radius 2 is 2.18 bits per heavy atom. The Morgan fingerprint density at radius 1 is 1.35 bits per heavy atom. The SMILES string of the molecule is Cc1ncc(CNc2cccc(N(C)C)c2)s1. The van der Waals surface area contributed by atoms with E-state index in [1.807, 2.05) is 27.2 Å². The van der Waals surface area contributed by atoms with Crippen molar-refractivity contribution in [3.05, 3.63) is 40.3 Å². The molecule has 1 aromatic carbocycles. The van der Waals surface area contributed by atoms with Crippen LogP contribution in [0.25, 0.3) is 0 Å². The Kier molecular flexibility index (Phi) is 3.64. The molecule has 4 heteroatoms. The van der Waals surface area contributed by atoms with Crippen molar-refractivity contribution in [3.63, 3.8) is 0 Å². The third-order valence-electron chi connectivity index (χ3n) is 2.50. The number of anilines is 2. The van der Waals surface area contributed by atoms with Gasteiger partial charge in [0.1, 0.15) is 0 Å². The smallest absolute Gasteiger partial charge is 0.0897 e. The molecule has 1 heterocycles. The Morgan fingerprint density at radius 3 is 2.82 bits per heavy atom. The summed E-state index contributed by atoms with van der Waals surface area (Å²) in [6, 6.07) is 8.40. The first kappa shape index (κ1) is 11.9. The molecule has 0 bridgehead atoms. The lowest BCUT2D eigenvalue weighted by atomic mass is 10.2. The minimum absolute atomic E-state index is 0.836. The van der Waals surface area contributed by atoms with E-state index in [-0.39, 0.29) is 0 Å². The molecule has 2 aromatic rings. The molecule has 0 fully saturated rings. The van der Waals surface area contributed by atoms with E-state index in [0.717, 1.165) is 17.2 Å². The fourth-order valence-corrected chi connectivity index (χ4v) is 2.30. The van der Waals surface area contributed by atoms with Crippen LogP contribution in [-0.2, 0) is 6.54 Å². The molecule has 0 amide bonds. The van der Waals surface area contributed by atoms with E-state index in [9.17, 15) is 0 Å². The zero-order chi connectivity index (χ0) is 12.3. The van der Waals surface area contributed by atoms with Crippen molar-refractivity contribution in [2.45, 2.75) is 13.5 Å². The third kappa shape index (κ3) is 3.20. The highest BCUT2D eigenvalue weighted by Gasteiger charge is 2.00. The van der Waals surface area contributed by atoms with E-state index in [1.165, 1.54) is 10.6 Å². The summed E-state index contributed by atoms with van der Waals surface area (Å²) in [6.07, 6.45) is 1.93. The van der Waals surface area contributed by atoms with Gasteiger partial charge in [0, 0.05) is 36.5 Å². The van der Waals surface area contributed by atoms with Crippen molar-refractivity contribution in [2.75, 3.05) is 24.3 Å². The molecule has 0 atom stereocenters. The molecule has 0 aliphatic heterocycles. The van der Waals surface area contributed by atoms with E-state index in [1.54, 1.807) is 11.3 Å². The van der Waals surface area contributed by atoms with Crippen LogP contribution in [0.5, 0.6) is 0 Å². The number of aromatic nitrogens is 1. The maximum Gasteiger partial charge on any atom is 0.0897 e. The number of benzene rings is 1. The van der Waals surface area contributed by atoms with Gasteiger partial charge in [-0.1, -0.05) is 6.07 Å². The van der Waals surface area contributed by atoms with Crippen molar-refractivity contribution in [2.24, 2.45) is 0 Å². The number of nitrogens with zero attached hydrogens (tertiary/aromatic N) is 2. The lowest BCUT2D eigenvalue weighted by molar-refractivity contribution is 1.12. The van der Waals surface area contributed by atoms with Crippen LogP contribution in [0.15, 0.2) is 30.5 Å². The highest BCUT2D eigenvalue weighted by molar-refractivity contribution is 7.11. The van der Waals surface area contributed by atoms with Crippen molar-refractivity contribution in [1.29, 1.82) is 0 Å². The number of rotatable bonds is 4. The summed E-state index contributed by atoms with van der Waals surface area (Å²) in [5.74, 6) is 0. The first-order valence-corrected chi connectivity index (χ1v) is 6.39. The van der Waals surface area contributed by atoms with Gasteiger partial charge >= 0.3 is 0 Å². The van der Waals surface area contributed by atoms with Crippen LogP contribution in [-0.4, -0.2) is 19.1 Å². The lowest BCUT2D eigenvalue weighted by Crippen LogP contribution is -2.08. The molecule has 90 valence electrons. The summed E-state index contributed by atoms with van der Waals surface area (Å²) in [5, 5.41) is 4.53. The van der Waals surface area contributed by atoms with Crippen molar-refractivity contribution >= 4 is 22.7 Å². The van der Waals surface area contributed by atoms with Gasteiger partial charge in [0.2, 0.25) is 0 Å². The molecule has 0 spiro atoms. The molecule has 0 unspecified atom stereocenters. The second-order valence-corrected chi connectivity index (χ2v) is 5.46. The maximum absolute atomic E-state index is 4.24. The van der Waals surface area contributed by atoms with E-state index in [2.05, 4.69) is 39.5 Å².